The maximum absolute atomic E-state index is 13.1. The van der Waals surface area contributed by atoms with Crippen molar-refractivity contribution >= 4 is 34.1 Å². The number of aromatic nitrogens is 1. The number of hydrogen-bond donors (Lipinski definition) is 2. The van der Waals surface area contributed by atoms with Crippen molar-refractivity contribution in [2.75, 3.05) is 26.3 Å². The normalized spacial score (nSPS) is 15.6. The number of amides is 2. The summed E-state index contributed by atoms with van der Waals surface area (Å²) >= 11 is 1.37. The van der Waals surface area contributed by atoms with Crippen LogP contribution in [0.2, 0.25) is 0 Å². The van der Waals surface area contributed by atoms with Gasteiger partial charge in [0.2, 0.25) is 5.91 Å². The molecule has 2 amide bonds. The zero-order chi connectivity index (χ0) is 18.6. The molecule has 0 unspecified atom stereocenters. The molecule has 0 aliphatic carbocycles. The van der Waals surface area contributed by atoms with E-state index in [0.717, 1.165) is 16.5 Å². The second-order valence-electron chi connectivity index (χ2n) is 6.50. The number of carbonyl (C=O) groups is 2. The fourth-order valence-corrected chi connectivity index (χ4v) is 3.99. The lowest BCUT2D eigenvalue weighted by molar-refractivity contribution is -0.137. The highest BCUT2D eigenvalue weighted by Gasteiger charge is 2.28. The first-order chi connectivity index (χ1) is 13.2. The SMILES string of the molecule is O=C(N[C@H](Cc1c[nH]c2ccccc12)C(=O)N1CCOCC1)c1cccs1. The van der Waals surface area contributed by atoms with Crippen LogP contribution in [0, 0.1) is 0 Å². The van der Waals surface area contributed by atoms with Gasteiger partial charge in [-0.1, -0.05) is 24.3 Å². The summed E-state index contributed by atoms with van der Waals surface area (Å²) in [7, 11) is 0. The summed E-state index contributed by atoms with van der Waals surface area (Å²) in [4.78, 5) is 31.3. The summed E-state index contributed by atoms with van der Waals surface area (Å²) in [5.74, 6) is -0.273. The predicted octanol–water partition coefficient (Wildman–Crippen LogP) is 2.43. The van der Waals surface area contributed by atoms with Gasteiger partial charge in [0.05, 0.1) is 18.1 Å². The largest absolute Gasteiger partial charge is 0.378 e. The van der Waals surface area contributed by atoms with Gasteiger partial charge >= 0.3 is 0 Å². The number of H-pyrrole nitrogens is 1. The number of rotatable bonds is 5. The van der Waals surface area contributed by atoms with Gasteiger partial charge < -0.3 is 19.9 Å². The zero-order valence-corrected chi connectivity index (χ0v) is 15.6. The number of aromatic amines is 1. The molecule has 6 nitrogen and oxygen atoms in total. The Labute approximate surface area is 161 Å². The topological polar surface area (TPSA) is 74.4 Å². The third-order valence-corrected chi connectivity index (χ3v) is 5.64. The van der Waals surface area contributed by atoms with Crippen LogP contribution >= 0.6 is 11.3 Å². The number of morpholine rings is 1. The van der Waals surface area contributed by atoms with Crippen LogP contribution in [0.4, 0.5) is 0 Å². The standard InChI is InChI=1S/C20H21N3O3S/c24-19(18-6-3-11-27-18)22-17(20(25)23-7-9-26-10-8-23)12-14-13-21-16-5-2-1-4-15(14)16/h1-6,11,13,17,21H,7-10,12H2,(H,22,24)/t17-/m1/s1. The van der Waals surface area contributed by atoms with Crippen molar-refractivity contribution < 1.29 is 14.3 Å². The van der Waals surface area contributed by atoms with E-state index in [-0.39, 0.29) is 11.8 Å². The van der Waals surface area contributed by atoms with Crippen molar-refractivity contribution in [3.63, 3.8) is 0 Å². The van der Waals surface area contributed by atoms with E-state index in [2.05, 4.69) is 10.3 Å². The molecule has 2 N–H and O–H groups in total. The molecular weight excluding hydrogens is 362 g/mol. The summed E-state index contributed by atoms with van der Waals surface area (Å²) in [6.07, 6.45) is 2.36. The van der Waals surface area contributed by atoms with Crippen LogP contribution in [0.15, 0.2) is 48.0 Å². The van der Waals surface area contributed by atoms with Crippen molar-refractivity contribution in [2.24, 2.45) is 0 Å². The number of nitrogens with zero attached hydrogens (tertiary/aromatic N) is 1. The Morgan fingerprint density at radius 1 is 1.19 bits per heavy atom. The van der Waals surface area contributed by atoms with E-state index < -0.39 is 6.04 Å². The molecule has 2 aromatic heterocycles. The first kappa shape index (κ1) is 17.8. The maximum Gasteiger partial charge on any atom is 0.262 e. The van der Waals surface area contributed by atoms with Crippen molar-refractivity contribution in [2.45, 2.75) is 12.5 Å². The minimum Gasteiger partial charge on any atom is -0.378 e. The van der Waals surface area contributed by atoms with Crippen molar-refractivity contribution in [1.29, 1.82) is 0 Å². The fraction of sp³-hybridized carbons (Fsp3) is 0.300. The number of ether oxygens (including phenoxy) is 1. The van der Waals surface area contributed by atoms with Crippen LogP contribution in [0.25, 0.3) is 10.9 Å². The van der Waals surface area contributed by atoms with Crippen LogP contribution in [0.1, 0.15) is 15.2 Å². The van der Waals surface area contributed by atoms with Crippen LogP contribution in [-0.4, -0.2) is 54.0 Å². The number of fused-ring (bicyclic) bond motifs is 1. The molecule has 1 saturated heterocycles. The fourth-order valence-electron chi connectivity index (χ4n) is 3.36. The monoisotopic (exact) mass is 383 g/mol. The molecule has 27 heavy (non-hydrogen) atoms. The average molecular weight is 383 g/mol. The highest BCUT2D eigenvalue weighted by molar-refractivity contribution is 7.12. The van der Waals surface area contributed by atoms with E-state index in [0.29, 0.717) is 37.6 Å². The van der Waals surface area contributed by atoms with Crippen LogP contribution in [0.5, 0.6) is 0 Å². The minimum atomic E-state index is -0.614. The van der Waals surface area contributed by atoms with Crippen LogP contribution < -0.4 is 5.32 Å². The maximum atomic E-state index is 13.1. The van der Waals surface area contributed by atoms with Crippen LogP contribution in [0.3, 0.4) is 0 Å². The molecule has 0 radical (unpaired) electrons. The number of thiophene rings is 1. The molecule has 0 bridgehead atoms. The van der Waals surface area contributed by atoms with E-state index >= 15 is 0 Å². The van der Waals surface area contributed by atoms with Gasteiger partial charge in [0, 0.05) is 36.6 Å². The van der Waals surface area contributed by atoms with Gasteiger partial charge in [-0.2, -0.15) is 0 Å². The molecule has 1 aromatic carbocycles. The quantitative estimate of drug-likeness (QED) is 0.711. The first-order valence-corrected chi connectivity index (χ1v) is 9.86. The molecule has 7 heteroatoms. The molecule has 140 valence electrons. The molecule has 1 atom stereocenters. The number of nitrogens with one attached hydrogen (secondary N) is 2. The molecule has 3 heterocycles. The molecule has 4 rings (SSSR count). The Balaban J connectivity index is 1.58. The van der Waals surface area contributed by atoms with Gasteiger partial charge in [-0.3, -0.25) is 9.59 Å². The molecule has 0 spiro atoms. The Hall–Kier alpha value is -2.64. The summed E-state index contributed by atoms with van der Waals surface area (Å²) in [6, 6.07) is 11.0. The Morgan fingerprint density at radius 2 is 2.00 bits per heavy atom. The van der Waals surface area contributed by atoms with Gasteiger partial charge in [-0.25, -0.2) is 0 Å². The van der Waals surface area contributed by atoms with E-state index in [1.807, 2.05) is 41.9 Å². The Kier molecular flexibility index (Phi) is 5.22. The lowest BCUT2D eigenvalue weighted by Gasteiger charge is -2.30. The summed E-state index contributed by atoms with van der Waals surface area (Å²) in [5, 5.41) is 5.87. The van der Waals surface area contributed by atoms with Gasteiger partial charge in [-0.05, 0) is 23.1 Å². The second kappa shape index (κ2) is 7.94. The Bertz CT molecular complexity index is 929. The van der Waals surface area contributed by atoms with E-state index in [4.69, 9.17) is 4.74 Å². The lowest BCUT2D eigenvalue weighted by atomic mass is 10.0. The molecule has 0 saturated carbocycles. The van der Waals surface area contributed by atoms with Crippen molar-refractivity contribution in [1.82, 2.24) is 15.2 Å². The second-order valence-corrected chi connectivity index (χ2v) is 7.45. The number of hydrogen-bond acceptors (Lipinski definition) is 4. The van der Waals surface area contributed by atoms with E-state index in [1.54, 1.807) is 11.0 Å². The minimum absolute atomic E-state index is 0.0616. The molecule has 1 aliphatic rings. The highest BCUT2D eigenvalue weighted by Crippen LogP contribution is 2.20. The highest BCUT2D eigenvalue weighted by atomic mass is 32.1. The lowest BCUT2D eigenvalue weighted by Crippen LogP contribution is -2.52. The first-order valence-electron chi connectivity index (χ1n) is 8.98. The Morgan fingerprint density at radius 3 is 2.78 bits per heavy atom. The van der Waals surface area contributed by atoms with Gasteiger partial charge in [0.15, 0.2) is 0 Å². The number of benzene rings is 1. The average Bonchev–Trinajstić information content (AvgIpc) is 3.38. The van der Waals surface area contributed by atoms with Crippen molar-refractivity contribution in [3.8, 4) is 0 Å². The number of carbonyl (C=O) groups excluding carboxylic acids is 2. The molecule has 1 aliphatic heterocycles. The van der Waals surface area contributed by atoms with E-state index in [9.17, 15) is 9.59 Å². The zero-order valence-electron chi connectivity index (χ0n) is 14.8. The predicted molar refractivity (Wildman–Crippen MR) is 105 cm³/mol. The van der Waals surface area contributed by atoms with Gasteiger partial charge in [0.25, 0.3) is 5.91 Å². The summed E-state index contributed by atoms with van der Waals surface area (Å²) in [6.45, 7) is 2.17. The summed E-state index contributed by atoms with van der Waals surface area (Å²) < 4.78 is 5.35. The van der Waals surface area contributed by atoms with Gasteiger partial charge in [0.1, 0.15) is 6.04 Å². The van der Waals surface area contributed by atoms with Gasteiger partial charge in [-0.15, -0.1) is 11.3 Å². The van der Waals surface area contributed by atoms with E-state index in [1.165, 1.54) is 11.3 Å². The third-order valence-electron chi connectivity index (χ3n) is 4.77. The van der Waals surface area contributed by atoms with Crippen LogP contribution in [-0.2, 0) is 16.0 Å². The molecule has 1 fully saturated rings. The molecule has 3 aromatic rings. The summed E-state index contributed by atoms with van der Waals surface area (Å²) in [5.41, 5.74) is 2.04. The third kappa shape index (κ3) is 3.89. The smallest absolute Gasteiger partial charge is 0.262 e. The molecular formula is C20H21N3O3S. The van der Waals surface area contributed by atoms with Crippen molar-refractivity contribution in [3.05, 3.63) is 58.4 Å². The number of para-hydroxylation sites is 1.